The summed E-state index contributed by atoms with van der Waals surface area (Å²) < 4.78 is 30.6. The van der Waals surface area contributed by atoms with Gasteiger partial charge in [-0.05, 0) is 19.3 Å². The molecule has 1 fully saturated rings. The molecule has 0 saturated carbocycles. The van der Waals surface area contributed by atoms with E-state index in [4.69, 9.17) is 4.42 Å². The Kier molecular flexibility index (Phi) is 4.95. The Hall–Kier alpha value is -0.920. The number of rotatable bonds is 6. The normalized spacial score (nSPS) is 18.8. The quantitative estimate of drug-likeness (QED) is 0.843. The van der Waals surface area contributed by atoms with E-state index >= 15 is 0 Å². The van der Waals surface area contributed by atoms with Crippen LogP contribution in [-0.4, -0.2) is 42.6 Å². The summed E-state index contributed by atoms with van der Waals surface area (Å²) in [6, 6.07) is 0.346. The molecule has 0 aromatic carbocycles. The van der Waals surface area contributed by atoms with Crippen molar-refractivity contribution in [2.24, 2.45) is 0 Å². The van der Waals surface area contributed by atoms with Gasteiger partial charge in [0.15, 0.2) is 6.39 Å². The average molecular weight is 287 g/mol. The number of piperidine rings is 1. The zero-order valence-electron chi connectivity index (χ0n) is 11.2. The molecular weight excluding hydrogens is 266 g/mol. The maximum absolute atomic E-state index is 11.9. The standard InChI is InChI=1S/C12H21N3O3S/c1-2-7-19(16,17)15-5-3-11(4-6-15)14-9-12-8-13-10-18-12/h8,10-11,14H,2-7,9H2,1H3. The topological polar surface area (TPSA) is 75.4 Å². The molecule has 0 unspecified atom stereocenters. The minimum atomic E-state index is -3.04. The van der Waals surface area contributed by atoms with Crippen LogP contribution in [0.2, 0.25) is 0 Å². The Labute approximate surface area is 114 Å². The number of hydrogen-bond donors (Lipinski definition) is 1. The minimum absolute atomic E-state index is 0.253. The fourth-order valence-corrected chi connectivity index (χ4v) is 3.84. The van der Waals surface area contributed by atoms with E-state index in [1.165, 1.54) is 6.39 Å². The van der Waals surface area contributed by atoms with E-state index in [-0.39, 0.29) is 5.75 Å². The van der Waals surface area contributed by atoms with Gasteiger partial charge in [0.25, 0.3) is 0 Å². The Balaban J connectivity index is 1.76. The monoisotopic (exact) mass is 287 g/mol. The molecule has 1 N–H and O–H groups in total. The lowest BCUT2D eigenvalue weighted by Gasteiger charge is -2.31. The van der Waals surface area contributed by atoms with Crippen molar-refractivity contribution in [2.45, 2.75) is 38.8 Å². The molecule has 0 atom stereocenters. The molecule has 1 aliphatic rings. The number of oxazole rings is 1. The van der Waals surface area contributed by atoms with Gasteiger partial charge in [-0.1, -0.05) is 6.92 Å². The lowest BCUT2D eigenvalue weighted by Crippen LogP contribution is -2.45. The summed E-state index contributed by atoms with van der Waals surface area (Å²) in [6.07, 6.45) is 5.46. The molecule has 0 spiro atoms. The second-order valence-corrected chi connectivity index (χ2v) is 6.93. The highest BCUT2D eigenvalue weighted by Gasteiger charge is 2.26. The maximum Gasteiger partial charge on any atom is 0.214 e. The van der Waals surface area contributed by atoms with Gasteiger partial charge in [-0.25, -0.2) is 17.7 Å². The largest absolute Gasteiger partial charge is 0.447 e. The van der Waals surface area contributed by atoms with Crippen molar-refractivity contribution in [3.05, 3.63) is 18.4 Å². The predicted molar refractivity (Wildman–Crippen MR) is 72.0 cm³/mol. The number of sulfonamides is 1. The van der Waals surface area contributed by atoms with E-state index in [1.807, 2.05) is 6.92 Å². The first-order chi connectivity index (χ1) is 9.12. The number of nitrogens with zero attached hydrogens (tertiary/aromatic N) is 2. The highest BCUT2D eigenvalue weighted by atomic mass is 32.2. The molecule has 0 bridgehead atoms. The summed E-state index contributed by atoms with van der Waals surface area (Å²) in [5.41, 5.74) is 0. The van der Waals surface area contributed by atoms with Gasteiger partial charge in [0, 0.05) is 19.1 Å². The van der Waals surface area contributed by atoms with Crippen LogP contribution in [-0.2, 0) is 16.6 Å². The number of nitrogens with one attached hydrogen (secondary N) is 1. The van der Waals surface area contributed by atoms with Crippen LogP contribution in [0.1, 0.15) is 31.9 Å². The maximum atomic E-state index is 11.9. The molecule has 0 radical (unpaired) electrons. The van der Waals surface area contributed by atoms with Crippen molar-refractivity contribution in [3.63, 3.8) is 0 Å². The van der Waals surface area contributed by atoms with Crippen LogP contribution in [0.15, 0.2) is 17.0 Å². The first kappa shape index (κ1) is 14.5. The second kappa shape index (κ2) is 6.49. The smallest absolute Gasteiger partial charge is 0.214 e. The third-order valence-electron chi connectivity index (χ3n) is 3.36. The molecule has 19 heavy (non-hydrogen) atoms. The lowest BCUT2D eigenvalue weighted by molar-refractivity contribution is 0.283. The van der Waals surface area contributed by atoms with Crippen molar-refractivity contribution in [1.29, 1.82) is 0 Å². The molecule has 0 amide bonds. The van der Waals surface area contributed by atoms with E-state index < -0.39 is 10.0 Å². The van der Waals surface area contributed by atoms with Gasteiger partial charge >= 0.3 is 0 Å². The van der Waals surface area contributed by atoms with Crippen LogP contribution in [0.25, 0.3) is 0 Å². The molecule has 108 valence electrons. The van der Waals surface area contributed by atoms with Crippen LogP contribution < -0.4 is 5.32 Å². The highest BCUT2D eigenvalue weighted by molar-refractivity contribution is 7.89. The molecule has 2 rings (SSSR count). The fourth-order valence-electron chi connectivity index (χ4n) is 2.30. The van der Waals surface area contributed by atoms with E-state index in [9.17, 15) is 8.42 Å². The van der Waals surface area contributed by atoms with Crippen LogP contribution >= 0.6 is 0 Å². The van der Waals surface area contributed by atoms with Crippen LogP contribution in [0.4, 0.5) is 0 Å². The Morgan fingerprint density at radius 3 is 2.79 bits per heavy atom. The van der Waals surface area contributed by atoms with E-state index in [1.54, 1.807) is 10.5 Å². The predicted octanol–water partition coefficient (Wildman–Crippen LogP) is 0.968. The van der Waals surface area contributed by atoms with Gasteiger partial charge in [0.2, 0.25) is 10.0 Å². The summed E-state index contributed by atoms with van der Waals surface area (Å²) in [7, 11) is -3.04. The van der Waals surface area contributed by atoms with Crippen LogP contribution in [0.3, 0.4) is 0 Å². The summed E-state index contributed by atoms with van der Waals surface area (Å²) in [6.45, 7) is 3.75. The molecule has 1 aromatic heterocycles. The zero-order chi connectivity index (χ0) is 13.7. The number of hydrogen-bond acceptors (Lipinski definition) is 5. The molecular formula is C12H21N3O3S. The first-order valence-corrected chi connectivity index (χ1v) is 8.31. The zero-order valence-corrected chi connectivity index (χ0v) is 12.0. The molecule has 7 heteroatoms. The molecule has 1 saturated heterocycles. The van der Waals surface area contributed by atoms with E-state index in [0.717, 1.165) is 18.6 Å². The SMILES string of the molecule is CCCS(=O)(=O)N1CCC(NCc2cnco2)CC1. The van der Waals surface area contributed by atoms with Crippen molar-refractivity contribution >= 4 is 10.0 Å². The second-order valence-electron chi connectivity index (χ2n) is 4.84. The number of aromatic nitrogens is 1. The van der Waals surface area contributed by atoms with Gasteiger partial charge in [0.05, 0.1) is 18.5 Å². The van der Waals surface area contributed by atoms with Gasteiger partial charge in [-0.3, -0.25) is 0 Å². The average Bonchev–Trinajstić information content (AvgIpc) is 2.90. The Morgan fingerprint density at radius 2 is 2.21 bits per heavy atom. The van der Waals surface area contributed by atoms with E-state index in [2.05, 4.69) is 10.3 Å². The summed E-state index contributed by atoms with van der Waals surface area (Å²) in [5.74, 6) is 1.06. The first-order valence-electron chi connectivity index (χ1n) is 6.70. The summed E-state index contributed by atoms with van der Waals surface area (Å²) in [4.78, 5) is 3.86. The third kappa shape index (κ3) is 4.02. The van der Waals surface area contributed by atoms with Gasteiger partial charge in [-0.2, -0.15) is 0 Å². The molecule has 1 aromatic rings. The molecule has 6 nitrogen and oxygen atoms in total. The third-order valence-corrected chi connectivity index (χ3v) is 5.43. The van der Waals surface area contributed by atoms with Crippen molar-refractivity contribution in [2.75, 3.05) is 18.8 Å². The Morgan fingerprint density at radius 1 is 1.47 bits per heavy atom. The highest BCUT2D eigenvalue weighted by Crippen LogP contribution is 2.15. The van der Waals surface area contributed by atoms with Crippen LogP contribution in [0.5, 0.6) is 0 Å². The van der Waals surface area contributed by atoms with Crippen LogP contribution in [0, 0.1) is 0 Å². The van der Waals surface area contributed by atoms with Gasteiger partial charge in [0.1, 0.15) is 5.76 Å². The van der Waals surface area contributed by atoms with Crippen molar-refractivity contribution in [3.8, 4) is 0 Å². The lowest BCUT2D eigenvalue weighted by atomic mass is 10.1. The minimum Gasteiger partial charge on any atom is -0.447 e. The van der Waals surface area contributed by atoms with E-state index in [0.29, 0.717) is 32.1 Å². The molecule has 1 aliphatic heterocycles. The fraction of sp³-hybridized carbons (Fsp3) is 0.750. The van der Waals surface area contributed by atoms with Crippen molar-refractivity contribution < 1.29 is 12.8 Å². The molecule has 2 heterocycles. The van der Waals surface area contributed by atoms with Gasteiger partial charge in [-0.15, -0.1) is 0 Å². The van der Waals surface area contributed by atoms with Crippen molar-refractivity contribution in [1.82, 2.24) is 14.6 Å². The summed E-state index contributed by atoms with van der Waals surface area (Å²) >= 11 is 0. The molecule has 0 aliphatic carbocycles. The summed E-state index contributed by atoms with van der Waals surface area (Å²) in [5, 5.41) is 3.37. The Bertz CT molecular complexity index is 464. The van der Waals surface area contributed by atoms with Gasteiger partial charge < -0.3 is 9.73 Å².